The highest BCUT2D eigenvalue weighted by molar-refractivity contribution is 6.33. The molecule has 0 unspecified atom stereocenters. The first kappa shape index (κ1) is 29.4. The molecule has 11 aromatic rings. The van der Waals surface area contributed by atoms with Crippen LogP contribution in [-0.4, -0.2) is 0 Å². The lowest BCUT2D eigenvalue weighted by atomic mass is 9.70. The average molecular weight is 693 g/mol. The van der Waals surface area contributed by atoms with Gasteiger partial charge in [-0.2, -0.15) is 0 Å². The van der Waals surface area contributed by atoms with Crippen LogP contribution in [0.2, 0.25) is 0 Å². The third kappa shape index (κ3) is 3.71. The van der Waals surface area contributed by atoms with E-state index in [0.29, 0.717) is 0 Å². The quantitative estimate of drug-likeness (QED) is 0.150. The van der Waals surface area contributed by atoms with Crippen LogP contribution in [-0.2, 0) is 5.41 Å². The predicted molar refractivity (Wildman–Crippen MR) is 233 cm³/mol. The molecule has 0 saturated carbocycles. The molecule has 0 heterocycles. The van der Waals surface area contributed by atoms with E-state index in [1.165, 1.54) is 120 Å². The molecule has 0 radical (unpaired) electrons. The largest absolute Gasteiger partial charge is 0.0725 e. The number of hydrogen-bond donors (Lipinski definition) is 0. The zero-order valence-electron chi connectivity index (χ0n) is 30.0. The second kappa shape index (κ2) is 10.6. The Labute approximate surface area is 318 Å². The lowest BCUT2D eigenvalue weighted by Gasteiger charge is -2.30. The monoisotopic (exact) mass is 692 g/mol. The first-order valence-electron chi connectivity index (χ1n) is 19.3. The molecule has 55 heavy (non-hydrogen) atoms. The Bertz CT molecular complexity index is 3440. The fraction of sp³-hybridized carbons (Fsp3) is 0.0182. The summed E-state index contributed by atoms with van der Waals surface area (Å²) in [5.41, 5.74) is 13.0. The van der Waals surface area contributed by atoms with Gasteiger partial charge in [-0.25, -0.2) is 0 Å². The predicted octanol–water partition coefficient (Wildman–Crippen LogP) is 14.6. The minimum Gasteiger partial charge on any atom is -0.0619 e. The smallest absolute Gasteiger partial charge is 0.0619 e. The molecule has 0 aliphatic heterocycles. The molecule has 0 aromatic heterocycles. The molecule has 0 bridgehead atoms. The van der Waals surface area contributed by atoms with E-state index in [0.717, 1.165) is 0 Å². The third-order valence-electron chi connectivity index (χ3n) is 13.0. The number of hydrogen-bond acceptors (Lipinski definition) is 0. The SMILES string of the molecule is c1ccc2c(c1)-c1ccccc1C21c2cc3ccccc3cc2-c2cc3ccc(-c4cc5c6ccccc6c6ccccc6c5c5ccccc45)cc3cc21. The highest BCUT2D eigenvalue weighted by Crippen LogP contribution is 2.63. The van der Waals surface area contributed by atoms with Crippen LogP contribution in [0.3, 0.4) is 0 Å². The Morgan fingerprint density at radius 2 is 0.691 bits per heavy atom. The highest BCUT2D eigenvalue weighted by Gasteiger charge is 2.51. The van der Waals surface area contributed by atoms with Crippen molar-refractivity contribution >= 4 is 64.6 Å². The maximum absolute atomic E-state index is 2.53. The van der Waals surface area contributed by atoms with Gasteiger partial charge in [0.15, 0.2) is 0 Å². The standard InChI is InChI=1S/C55H32/c1-2-14-34-30-52-47(28-33(34)13-1)48-29-35-25-26-36(27-37(35)31-53(48)55(52)50-23-11-9-19-42(50)43-20-10-12-24-51(43)55)46-32-49-40-17-4-3-15-38(40)39-16-5-7-21-44(39)54(49)45-22-8-6-18-41(45)46/h1-32H. The molecule has 0 fully saturated rings. The molecule has 0 nitrogen and oxygen atoms in total. The maximum Gasteiger partial charge on any atom is 0.0725 e. The summed E-state index contributed by atoms with van der Waals surface area (Å²) in [7, 11) is 0. The van der Waals surface area contributed by atoms with E-state index >= 15 is 0 Å². The van der Waals surface area contributed by atoms with Crippen molar-refractivity contribution in [1.82, 2.24) is 0 Å². The Hall–Kier alpha value is -7.02. The van der Waals surface area contributed by atoms with Crippen LogP contribution in [0.5, 0.6) is 0 Å². The molecule has 2 aliphatic rings. The summed E-state index contributed by atoms with van der Waals surface area (Å²) in [6.45, 7) is 0. The molecular weight excluding hydrogens is 661 g/mol. The Morgan fingerprint density at radius 1 is 0.236 bits per heavy atom. The van der Waals surface area contributed by atoms with Gasteiger partial charge in [-0.1, -0.05) is 158 Å². The summed E-state index contributed by atoms with van der Waals surface area (Å²) in [6, 6.07) is 73.4. The molecule has 2 aliphatic carbocycles. The van der Waals surface area contributed by atoms with Crippen molar-refractivity contribution < 1.29 is 0 Å². The van der Waals surface area contributed by atoms with Gasteiger partial charge in [0.1, 0.15) is 0 Å². The van der Waals surface area contributed by atoms with Crippen LogP contribution in [0.15, 0.2) is 194 Å². The second-order valence-corrected chi connectivity index (χ2v) is 15.5. The number of benzene rings is 11. The van der Waals surface area contributed by atoms with Crippen LogP contribution in [0.25, 0.3) is 98.0 Å². The van der Waals surface area contributed by atoms with Gasteiger partial charge in [0.2, 0.25) is 0 Å². The third-order valence-corrected chi connectivity index (χ3v) is 13.0. The summed E-state index contributed by atoms with van der Waals surface area (Å²) in [4.78, 5) is 0. The van der Waals surface area contributed by atoms with E-state index in [9.17, 15) is 0 Å². The fourth-order valence-corrected chi connectivity index (χ4v) is 10.7. The number of rotatable bonds is 1. The molecule has 11 aromatic carbocycles. The van der Waals surface area contributed by atoms with Crippen LogP contribution >= 0.6 is 0 Å². The molecule has 252 valence electrons. The summed E-state index contributed by atoms with van der Waals surface area (Å²) >= 11 is 0. The Balaban J connectivity index is 1.12. The van der Waals surface area contributed by atoms with Crippen molar-refractivity contribution in [2.45, 2.75) is 5.41 Å². The second-order valence-electron chi connectivity index (χ2n) is 15.5. The van der Waals surface area contributed by atoms with E-state index in [-0.39, 0.29) is 0 Å². The van der Waals surface area contributed by atoms with Crippen molar-refractivity contribution in [2.75, 3.05) is 0 Å². The van der Waals surface area contributed by atoms with Crippen molar-refractivity contribution in [3.8, 4) is 33.4 Å². The zero-order valence-corrected chi connectivity index (χ0v) is 30.0. The fourth-order valence-electron chi connectivity index (χ4n) is 10.7. The van der Waals surface area contributed by atoms with E-state index in [2.05, 4.69) is 194 Å². The molecule has 0 amide bonds. The van der Waals surface area contributed by atoms with Crippen molar-refractivity contribution in [1.29, 1.82) is 0 Å². The van der Waals surface area contributed by atoms with Gasteiger partial charge in [0.25, 0.3) is 0 Å². The van der Waals surface area contributed by atoms with Crippen molar-refractivity contribution in [3.63, 3.8) is 0 Å². The van der Waals surface area contributed by atoms with Gasteiger partial charge in [0.05, 0.1) is 5.41 Å². The van der Waals surface area contributed by atoms with Gasteiger partial charge < -0.3 is 0 Å². The normalized spacial score (nSPS) is 13.6. The van der Waals surface area contributed by atoms with Crippen molar-refractivity contribution in [3.05, 3.63) is 216 Å². The topological polar surface area (TPSA) is 0 Å². The maximum atomic E-state index is 2.53. The lowest BCUT2D eigenvalue weighted by molar-refractivity contribution is 0.796. The Kier molecular flexibility index (Phi) is 5.65. The first-order valence-corrected chi connectivity index (χ1v) is 19.3. The molecule has 0 heteroatoms. The molecule has 1 spiro atoms. The van der Waals surface area contributed by atoms with Gasteiger partial charge >= 0.3 is 0 Å². The first-order chi connectivity index (χ1) is 27.3. The van der Waals surface area contributed by atoms with Gasteiger partial charge in [-0.3, -0.25) is 0 Å². The summed E-state index contributed by atoms with van der Waals surface area (Å²) in [5.74, 6) is 0. The lowest BCUT2D eigenvalue weighted by Crippen LogP contribution is -2.25. The molecule has 0 atom stereocenters. The average Bonchev–Trinajstić information content (AvgIpc) is 3.70. The van der Waals surface area contributed by atoms with E-state index in [1.807, 2.05) is 0 Å². The number of fused-ring (bicyclic) bond motifs is 20. The molecular formula is C55H32. The Morgan fingerprint density at radius 3 is 1.35 bits per heavy atom. The highest BCUT2D eigenvalue weighted by atomic mass is 14.5. The molecule has 13 rings (SSSR count). The minimum absolute atomic E-state index is 0.401. The summed E-state index contributed by atoms with van der Waals surface area (Å²) in [5, 5.41) is 15.5. The zero-order chi connectivity index (χ0) is 35.8. The van der Waals surface area contributed by atoms with E-state index < -0.39 is 5.41 Å². The summed E-state index contributed by atoms with van der Waals surface area (Å²) < 4.78 is 0. The molecule has 0 N–H and O–H groups in total. The molecule has 0 saturated heterocycles. The van der Waals surface area contributed by atoms with Gasteiger partial charge in [0, 0.05) is 0 Å². The van der Waals surface area contributed by atoms with Crippen molar-refractivity contribution in [2.24, 2.45) is 0 Å². The van der Waals surface area contributed by atoms with Gasteiger partial charge in [-0.05, 0) is 157 Å². The minimum atomic E-state index is -0.401. The van der Waals surface area contributed by atoms with Gasteiger partial charge in [-0.15, -0.1) is 0 Å². The van der Waals surface area contributed by atoms with Crippen LogP contribution in [0, 0.1) is 0 Å². The van der Waals surface area contributed by atoms with Crippen LogP contribution in [0.1, 0.15) is 22.3 Å². The summed E-state index contributed by atoms with van der Waals surface area (Å²) in [6.07, 6.45) is 0. The van der Waals surface area contributed by atoms with E-state index in [1.54, 1.807) is 0 Å². The van der Waals surface area contributed by atoms with Crippen LogP contribution in [0.4, 0.5) is 0 Å². The van der Waals surface area contributed by atoms with Crippen LogP contribution < -0.4 is 0 Å². The van der Waals surface area contributed by atoms with E-state index in [4.69, 9.17) is 0 Å².